The zero-order chi connectivity index (χ0) is 21.6. The monoisotopic (exact) mass is 418 g/mol. The first kappa shape index (κ1) is 21.9. The molecular formula is C20H17ClF2N4O2. The van der Waals surface area contributed by atoms with Gasteiger partial charge in [0.1, 0.15) is 17.5 Å². The van der Waals surface area contributed by atoms with Crippen molar-refractivity contribution in [3.63, 3.8) is 0 Å². The van der Waals surface area contributed by atoms with Gasteiger partial charge in [0, 0.05) is 29.8 Å². The summed E-state index contributed by atoms with van der Waals surface area (Å²) >= 11 is 5.90. The van der Waals surface area contributed by atoms with Crippen LogP contribution in [0.2, 0.25) is 5.02 Å². The Morgan fingerprint density at radius 2 is 1.90 bits per heavy atom. The molecule has 0 bridgehead atoms. The van der Waals surface area contributed by atoms with Gasteiger partial charge in [-0.05, 0) is 30.3 Å². The van der Waals surface area contributed by atoms with E-state index in [1.54, 1.807) is 0 Å². The van der Waals surface area contributed by atoms with Crippen molar-refractivity contribution in [3.8, 4) is 0 Å². The lowest BCUT2D eigenvalue weighted by atomic mass is 10.1. The summed E-state index contributed by atoms with van der Waals surface area (Å²) in [6.07, 6.45) is 1.43. The van der Waals surface area contributed by atoms with E-state index in [9.17, 15) is 18.4 Å². The third-order valence-electron chi connectivity index (χ3n) is 3.75. The molecule has 0 saturated heterocycles. The Bertz CT molecular complexity index is 987. The minimum atomic E-state index is -0.667. The molecule has 6 nitrogen and oxygen atoms in total. The second kappa shape index (κ2) is 9.70. The summed E-state index contributed by atoms with van der Waals surface area (Å²) in [7, 11) is 0. The highest BCUT2D eigenvalue weighted by atomic mass is 35.5. The van der Waals surface area contributed by atoms with Crippen LogP contribution in [0.25, 0.3) is 0 Å². The number of hydrogen-bond acceptors (Lipinski definition) is 4. The Hall–Kier alpha value is -3.39. The summed E-state index contributed by atoms with van der Waals surface area (Å²) in [6, 6.07) is 9.11. The van der Waals surface area contributed by atoms with Gasteiger partial charge in [0.25, 0.3) is 0 Å². The molecule has 0 spiro atoms. The van der Waals surface area contributed by atoms with E-state index in [2.05, 4.69) is 5.32 Å². The Kier molecular flexibility index (Phi) is 7.33. The summed E-state index contributed by atoms with van der Waals surface area (Å²) < 4.78 is 27.3. The quantitative estimate of drug-likeness (QED) is 0.490. The van der Waals surface area contributed by atoms with Crippen LogP contribution < -0.4 is 10.2 Å². The second-order valence-corrected chi connectivity index (χ2v) is 6.30. The fraction of sp³-hybridized carbons (Fsp3) is 0.100. The third kappa shape index (κ3) is 5.79. The summed E-state index contributed by atoms with van der Waals surface area (Å²) in [6.45, 7) is 1.19. The molecule has 0 aliphatic rings. The van der Waals surface area contributed by atoms with E-state index in [4.69, 9.17) is 22.4 Å². The molecule has 150 valence electrons. The van der Waals surface area contributed by atoms with Crippen LogP contribution in [-0.2, 0) is 16.0 Å². The zero-order valence-electron chi connectivity index (χ0n) is 15.3. The molecule has 3 N–H and O–H groups in total. The van der Waals surface area contributed by atoms with Gasteiger partial charge in [-0.25, -0.2) is 8.78 Å². The van der Waals surface area contributed by atoms with E-state index in [1.807, 2.05) is 0 Å². The summed E-state index contributed by atoms with van der Waals surface area (Å²) in [5.74, 6) is -2.86. The van der Waals surface area contributed by atoms with Gasteiger partial charge < -0.3 is 10.7 Å². The van der Waals surface area contributed by atoms with E-state index < -0.39 is 29.3 Å². The number of nitrogens with one attached hydrogen (secondary N) is 3. The van der Waals surface area contributed by atoms with Crippen molar-refractivity contribution in [3.05, 3.63) is 76.5 Å². The molecule has 0 saturated carbocycles. The number of halogens is 3. The maximum atomic E-state index is 13.8. The summed E-state index contributed by atoms with van der Waals surface area (Å²) in [5.41, 5.74) is -0.00106. The molecule has 29 heavy (non-hydrogen) atoms. The van der Waals surface area contributed by atoms with Gasteiger partial charge in [0.15, 0.2) is 0 Å². The zero-order valence-corrected chi connectivity index (χ0v) is 16.1. The first-order valence-corrected chi connectivity index (χ1v) is 8.70. The van der Waals surface area contributed by atoms with Crippen molar-refractivity contribution in [1.29, 1.82) is 10.8 Å². The first-order valence-electron chi connectivity index (χ1n) is 8.32. The van der Waals surface area contributed by atoms with Crippen molar-refractivity contribution in [1.82, 2.24) is 5.32 Å². The van der Waals surface area contributed by atoms with E-state index in [0.717, 1.165) is 23.3 Å². The van der Waals surface area contributed by atoms with Gasteiger partial charge >= 0.3 is 0 Å². The number of amides is 2. The SMILES string of the molecule is CC(=O)N(C(=N)/C=C(\C=N)NC(=O)Cc1c(F)cccc1Cl)c1cccc(F)c1. The average Bonchev–Trinajstić information content (AvgIpc) is 2.64. The molecule has 2 aromatic rings. The van der Waals surface area contributed by atoms with Crippen LogP contribution in [0.15, 0.2) is 54.2 Å². The van der Waals surface area contributed by atoms with Crippen LogP contribution >= 0.6 is 11.6 Å². The Morgan fingerprint density at radius 3 is 2.48 bits per heavy atom. The topological polar surface area (TPSA) is 97.1 Å². The van der Waals surface area contributed by atoms with Crippen molar-refractivity contribution < 1.29 is 18.4 Å². The van der Waals surface area contributed by atoms with E-state index >= 15 is 0 Å². The fourth-order valence-corrected chi connectivity index (χ4v) is 2.73. The highest BCUT2D eigenvalue weighted by Gasteiger charge is 2.18. The molecule has 0 aromatic heterocycles. The second-order valence-electron chi connectivity index (χ2n) is 5.89. The Balaban J connectivity index is 2.21. The lowest BCUT2D eigenvalue weighted by Gasteiger charge is -2.20. The molecule has 0 aliphatic heterocycles. The fourth-order valence-electron chi connectivity index (χ4n) is 2.50. The van der Waals surface area contributed by atoms with Crippen LogP contribution in [0.3, 0.4) is 0 Å². The molecule has 0 radical (unpaired) electrons. The highest BCUT2D eigenvalue weighted by Crippen LogP contribution is 2.20. The van der Waals surface area contributed by atoms with E-state index in [0.29, 0.717) is 0 Å². The van der Waals surface area contributed by atoms with Crippen molar-refractivity contribution in [2.24, 2.45) is 0 Å². The Labute approximate surface area is 170 Å². The highest BCUT2D eigenvalue weighted by molar-refractivity contribution is 6.31. The number of carbonyl (C=O) groups is 2. The minimum Gasteiger partial charge on any atom is -0.324 e. The largest absolute Gasteiger partial charge is 0.324 e. The number of hydrogen-bond donors (Lipinski definition) is 3. The predicted octanol–water partition coefficient (Wildman–Crippen LogP) is 3.84. The molecule has 2 amide bonds. The van der Waals surface area contributed by atoms with Crippen LogP contribution in [-0.4, -0.2) is 23.9 Å². The number of amidine groups is 1. The number of anilines is 1. The molecule has 0 heterocycles. The molecule has 9 heteroatoms. The molecule has 0 aliphatic carbocycles. The van der Waals surface area contributed by atoms with Gasteiger partial charge in [-0.1, -0.05) is 23.7 Å². The number of rotatable bonds is 6. The van der Waals surface area contributed by atoms with Gasteiger partial charge in [-0.2, -0.15) is 0 Å². The molecule has 0 unspecified atom stereocenters. The smallest absolute Gasteiger partial charge is 0.229 e. The molecule has 0 atom stereocenters. The molecular weight excluding hydrogens is 402 g/mol. The summed E-state index contributed by atoms with van der Waals surface area (Å²) in [5, 5.41) is 18.0. The Morgan fingerprint density at radius 1 is 1.21 bits per heavy atom. The van der Waals surface area contributed by atoms with Gasteiger partial charge in [-0.15, -0.1) is 0 Å². The maximum absolute atomic E-state index is 13.8. The van der Waals surface area contributed by atoms with Crippen molar-refractivity contribution in [2.75, 3.05) is 4.90 Å². The van der Waals surface area contributed by atoms with Crippen LogP contribution in [0.1, 0.15) is 12.5 Å². The standard InChI is InChI=1S/C20H17ClF2N4O2/c1-12(28)27(15-5-2-4-13(22)8-15)19(25)9-14(11-24)26-20(29)10-16-17(21)6-3-7-18(16)23/h2-9,11,24-25H,10H2,1H3,(H,26,29)/b14-9+,24-11?,25-19?. The van der Waals surface area contributed by atoms with Gasteiger partial charge in [0.2, 0.25) is 11.8 Å². The van der Waals surface area contributed by atoms with E-state index in [-0.39, 0.29) is 28.4 Å². The van der Waals surface area contributed by atoms with Gasteiger partial charge in [0.05, 0.1) is 17.8 Å². The van der Waals surface area contributed by atoms with Crippen LogP contribution in [0.4, 0.5) is 14.5 Å². The van der Waals surface area contributed by atoms with Crippen LogP contribution in [0, 0.1) is 22.5 Å². The summed E-state index contributed by atoms with van der Waals surface area (Å²) in [4.78, 5) is 25.1. The predicted molar refractivity (Wildman–Crippen MR) is 107 cm³/mol. The molecule has 2 rings (SSSR count). The molecule has 2 aromatic carbocycles. The van der Waals surface area contributed by atoms with Crippen LogP contribution in [0.5, 0.6) is 0 Å². The lowest BCUT2D eigenvalue weighted by molar-refractivity contribution is -0.119. The molecule has 0 fully saturated rings. The van der Waals surface area contributed by atoms with Crippen molar-refractivity contribution >= 4 is 41.2 Å². The minimum absolute atomic E-state index is 0.00352. The number of nitrogens with zero attached hydrogens (tertiary/aromatic N) is 1. The van der Waals surface area contributed by atoms with Crippen molar-refractivity contribution in [2.45, 2.75) is 13.3 Å². The van der Waals surface area contributed by atoms with E-state index in [1.165, 1.54) is 43.3 Å². The maximum Gasteiger partial charge on any atom is 0.229 e. The first-order chi connectivity index (χ1) is 13.7. The third-order valence-corrected chi connectivity index (χ3v) is 4.11. The average molecular weight is 419 g/mol. The van der Waals surface area contributed by atoms with Gasteiger partial charge in [-0.3, -0.25) is 19.9 Å². The normalized spacial score (nSPS) is 11.0. The lowest BCUT2D eigenvalue weighted by Crippen LogP contribution is -2.35. The number of carbonyl (C=O) groups excluding carboxylic acids is 2. The number of allylic oxidation sites excluding steroid dienone is 1. The number of benzene rings is 2.